The molecule has 0 spiro atoms. The van der Waals surface area contributed by atoms with Crippen LogP contribution in [-0.2, 0) is 16.4 Å². The molecule has 10 nitrogen and oxygen atoms in total. The minimum absolute atomic E-state index is 0.164. The summed E-state index contributed by atoms with van der Waals surface area (Å²) in [7, 11) is -3.77. The molecule has 1 aromatic carbocycles. The fourth-order valence-electron chi connectivity index (χ4n) is 5.77. The fourth-order valence-corrected chi connectivity index (χ4v) is 7.35. The number of ether oxygens (including phenoxy) is 1. The molecule has 0 radical (unpaired) electrons. The van der Waals surface area contributed by atoms with Crippen LogP contribution in [0.1, 0.15) is 52.1 Å². The molecule has 2 aliphatic heterocycles. The molecule has 4 heterocycles. The van der Waals surface area contributed by atoms with Crippen LogP contribution < -0.4 is 15.6 Å². The maximum atomic E-state index is 13.9. The summed E-state index contributed by atoms with van der Waals surface area (Å²) in [5.74, 6) is 1.94. The van der Waals surface area contributed by atoms with Crippen LogP contribution in [0.5, 0.6) is 5.75 Å². The summed E-state index contributed by atoms with van der Waals surface area (Å²) in [5.41, 5.74) is 1.10. The maximum absolute atomic E-state index is 13.9. The first-order valence-corrected chi connectivity index (χ1v) is 14.6. The van der Waals surface area contributed by atoms with E-state index in [1.54, 1.807) is 33.9 Å². The predicted octanol–water partition coefficient (Wildman–Crippen LogP) is 2.75. The van der Waals surface area contributed by atoms with Crippen molar-refractivity contribution in [1.29, 1.82) is 0 Å². The number of rotatable bonds is 7. The van der Waals surface area contributed by atoms with Gasteiger partial charge in [0, 0.05) is 31.6 Å². The van der Waals surface area contributed by atoms with E-state index in [1.165, 1.54) is 0 Å². The Hall–Kier alpha value is -2.76. The van der Waals surface area contributed by atoms with E-state index in [0.717, 1.165) is 12.8 Å². The number of hydrogen-bond acceptors (Lipinski definition) is 7. The smallest absolute Gasteiger partial charge is 0.277 e. The highest BCUT2D eigenvalue weighted by Crippen LogP contribution is 2.36. The van der Waals surface area contributed by atoms with Crippen LogP contribution in [0.2, 0.25) is 0 Å². The number of aromatic amines is 1. The molecule has 2 N–H and O–H groups in total. The number of sulfonamides is 1. The van der Waals surface area contributed by atoms with E-state index in [-0.39, 0.29) is 40.2 Å². The highest BCUT2D eigenvalue weighted by atomic mass is 32.2. The molecule has 5 rings (SSSR count). The minimum atomic E-state index is -3.77. The lowest BCUT2D eigenvalue weighted by Crippen LogP contribution is -2.59. The van der Waals surface area contributed by atoms with E-state index in [2.05, 4.69) is 29.1 Å². The number of fused-ring (bicyclic) bond motifs is 3. The highest BCUT2D eigenvalue weighted by Gasteiger charge is 2.42. The third-order valence-corrected chi connectivity index (χ3v) is 9.61. The average Bonchev–Trinajstić information content (AvgIpc) is 3.18. The van der Waals surface area contributed by atoms with Gasteiger partial charge in [0.2, 0.25) is 10.0 Å². The Morgan fingerprint density at radius 1 is 1.14 bits per heavy atom. The molecule has 11 heteroatoms. The van der Waals surface area contributed by atoms with Gasteiger partial charge in [0.15, 0.2) is 11.3 Å². The molecule has 200 valence electrons. The predicted molar refractivity (Wildman–Crippen MR) is 141 cm³/mol. The Morgan fingerprint density at radius 3 is 2.49 bits per heavy atom. The van der Waals surface area contributed by atoms with Crippen molar-refractivity contribution < 1.29 is 13.2 Å². The molecule has 4 unspecified atom stereocenters. The maximum Gasteiger partial charge on any atom is 0.277 e. The van der Waals surface area contributed by atoms with Crippen molar-refractivity contribution in [2.45, 2.75) is 70.9 Å². The zero-order valence-corrected chi connectivity index (χ0v) is 22.9. The quantitative estimate of drug-likeness (QED) is 0.484. The van der Waals surface area contributed by atoms with Crippen LogP contribution in [0.25, 0.3) is 16.9 Å². The van der Waals surface area contributed by atoms with Crippen molar-refractivity contribution in [3.8, 4) is 17.1 Å². The lowest BCUT2D eigenvalue weighted by Gasteiger charge is -2.47. The molecule has 4 atom stereocenters. The summed E-state index contributed by atoms with van der Waals surface area (Å²) in [5, 5.41) is 8.29. The van der Waals surface area contributed by atoms with E-state index in [0.29, 0.717) is 54.5 Å². The van der Waals surface area contributed by atoms with Gasteiger partial charge in [-0.05, 0) is 70.6 Å². The van der Waals surface area contributed by atoms with Crippen molar-refractivity contribution >= 4 is 15.5 Å². The lowest BCUT2D eigenvalue weighted by molar-refractivity contribution is 0.0918. The van der Waals surface area contributed by atoms with Crippen LogP contribution in [0, 0.1) is 18.8 Å². The SMILES string of the molecule is CCCc1nc(C)c2c(=O)[nH]c(-c3cc(S(=O)(=O)N4CC5CC(C4)C(C)NC5C)ccc3OCC)nn12. The Kier molecular flexibility index (Phi) is 6.88. The molecule has 2 aromatic heterocycles. The molecule has 0 amide bonds. The third kappa shape index (κ3) is 4.57. The van der Waals surface area contributed by atoms with Crippen LogP contribution in [0.4, 0.5) is 0 Å². The monoisotopic (exact) mass is 528 g/mol. The van der Waals surface area contributed by atoms with Crippen LogP contribution in [-0.4, -0.2) is 64.1 Å². The zero-order valence-electron chi connectivity index (χ0n) is 22.1. The Bertz CT molecular complexity index is 1460. The van der Waals surface area contributed by atoms with Gasteiger partial charge < -0.3 is 15.0 Å². The summed E-state index contributed by atoms with van der Waals surface area (Å²) in [4.78, 5) is 20.6. The number of imidazole rings is 1. The molecular weight excluding hydrogens is 492 g/mol. The van der Waals surface area contributed by atoms with E-state index >= 15 is 0 Å². The molecule has 37 heavy (non-hydrogen) atoms. The zero-order chi connectivity index (χ0) is 26.5. The van der Waals surface area contributed by atoms with Crippen LogP contribution in [0.15, 0.2) is 27.9 Å². The highest BCUT2D eigenvalue weighted by molar-refractivity contribution is 7.89. The van der Waals surface area contributed by atoms with Gasteiger partial charge in [-0.3, -0.25) is 4.79 Å². The number of aromatic nitrogens is 4. The summed E-state index contributed by atoms with van der Waals surface area (Å²) >= 11 is 0. The average molecular weight is 529 g/mol. The van der Waals surface area contributed by atoms with Gasteiger partial charge >= 0.3 is 0 Å². The molecule has 2 saturated heterocycles. The number of benzene rings is 1. The second-order valence-electron chi connectivity index (χ2n) is 10.3. The van der Waals surface area contributed by atoms with Crippen molar-refractivity contribution in [2.75, 3.05) is 19.7 Å². The Labute approximate surface area is 217 Å². The lowest BCUT2D eigenvalue weighted by atomic mass is 9.78. The molecule has 2 aliphatic rings. The third-order valence-electron chi connectivity index (χ3n) is 7.78. The normalized spacial score (nSPS) is 24.5. The number of nitrogens with zero attached hydrogens (tertiary/aromatic N) is 4. The van der Waals surface area contributed by atoms with Crippen molar-refractivity contribution in [3.63, 3.8) is 0 Å². The Morgan fingerprint density at radius 2 is 1.84 bits per heavy atom. The first kappa shape index (κ1) is 25.9. The largest absolute Gasteiger partial charge is 0.493 e. The summed E-state index contributed by atoms with van der Waals surface area (Å²) < 4.78 is 36.7. The van der Waals surface area contributed by atoms with Gasteiger partial charge in [0.1, 0.15) is 11.6 Å². The van der Waals surface area contributed by atoms with E-state index in [4.69, 9.17) is 9.84 Å². The van der Waals surface area contributed by atoms with Gasteiger partial charge in [-0.1, -0.05) is 6.92 Å². The topological polar surface area (TPSA) is 122 Å². The number of hydrogen-bond donors (Lipinski definition) is 2. The number of aryl methyl sites for hydroxylation is 2. The van der Waals surface area contributed by atoms with E-state index < -0.39 is 10.0 Å². The molecule has 2 fully saturated rings. The van der Waals surface area contributed by atoms with Gasteiger partial charge in [0.25, 0.3) is 5.56 Å². The molecule has 0 aliphatic carbocycles. The van der Waals surface area contributed by atoms with Gasteiger partial charge in [-0.15, -0.1) is 5.10 Å². The fraction of sp³-hybridized carbons (Fsp3) is 0.577. The van der Waals surface area contributed by atoms with Gasteiger partial charge in [0.05, 0.1) is 22.8 Å². The molecular formula is C26H36N6O4S. The first-order valence-electron chi connectivity index (χ1n) is 13.2. The van der Waals surface area contributed by atoms with E-state index in [9.17, 15) is 13.2 Å². The standard InChI is InChI=1S/C26H36N6O4S/c1-6-8-23-28-17(5)24-26(33)29-25(30-32(23)24)21-12-20(9-10-22(21)36-7-2)37(34,35)31-13-18-11-19(14-31)16(4)27-15(18)3/h9-10,12,15-16,18-19,27H,6-8,11,13-14H2,1-5H3,(H,29,30,33). The van der Waals surface area contributed by atoms with Crippen LogP contribution in [0.3, 0.4) is 0 Å². The van der Waals surface area contributed by atoms with Crippen LogP contribution >= 0.6 is 0 Å². The molecule has 0 saturated carbocycles. The second kappa shape index (κ2) is 9.85. The summed E-state index contributed by atoms with van der Waals surface area (Å²) in [6.07, 6.45) is 2.55. The minimum Gasteiger partial charge on any atom is -0.493 e. The first-order chi connectivity index (χ1) is 17.6. The number of H-pyrrole nitrogens is 1. The van der Waals surface area contributed by atoms with Crippen molar-refractivity contribution in [1.82, 2.24) is 29.2 Å². The van der Waals surface area contributed by atoms with E-state index in [1.807, 2.05) is 13.8 Å². The molecule has 2 bridgehead atoms. The second-order valence-corrected chi connectivity index (χ2v) is 12.3. The summed E-state index contributed by atoms with van der Waals surface area (Å²) in [6, 6.07) is 5.33. The number of piperidine rings is 2. The Balaban J connectivity index is 1.60. The number of nitrogens with one attached hydrogen (secondary N) is 2. The van der Waals surface area contributed by atoms with Gasteiger partial charge in [-0.2, -0.15) is 4.31 Å². The van der Waals surface area contributed by atoms with Crippen molar-refractivity contribution in [2.24, 2.45) is 11.8 Å². The molecule has 3 aromatic rings. The van der Waals surface area contributed by atoms with Crippen molar-refractivity contribution in [3.05, 3.63) is 40.1 Å². The summed E-state index contributed by atoms with van der Waals surface area (Å²) in [6.45, 7) is 11.3. The van der Waals surface area contributed by atoms with Gasteiger partial charge in [-0.25, -0.2) is 17.9 Å².